The number of alkyl halides is 7. The average Bonchev–Trinajstić information content (AvgIpc) is 2.28. The number of amides is 1. The summed E-state index contributed by atoms with van der Waals surface area (Å²) in [6.45, 7) is 0. The average molecular weight is 324 g/mol. The Morgan fingerprint density at radius 1 is 1.00 bits per heavy atom. The number of nitrogens with one attached hydrogen (secondary N) is 1. The largest absolute Gasteiger partial charge is 0.425 e. The molecule has 2 nitrogen and oxygen atoms in total. The van der Waals surface area contributed by atoms with E-state index in [-0.39, 0.29) is 0 Å². The third kappa shape index (κ3) is 2.82. The third-order valence-electron chi connectivity index (χ3n) is 2.22. The summed E-state index contributed by atoms with van der Waals surface area (Å²) in [5.74, 6) is -3.84. The highest BCUT2D eigenvalue weighted by Gasteiger charge is 2.75. The van der Waals surface area contributed by atoms with E-state index in [0.29, 0.717) is 0 Å². The molecule has 0 unspecified atom stereocenters. The fraction of sp³-hybridized carbons (Fsp3) is 0.300. The number of carbonyl (C=O) groups excluding carboxylic acids is 1. The second-order valence-corrected chi connectivity index (χ2v) is 4.15. The van der Waals surface area contributed by atoms with E-state index in [1.165, 1.54) is 5.32 Å². The zero-order valence-corrected chi connectivity index (χ0v) is 10.00. The van der Waals surface area contributed by atoms with Crippen LogP contribution in [-0.4, -0.2) is 23.1 Å². The molecule has 0 aromatic heterocycles. The van der Waals surface area contributed by atoms with Gasteiger partial charge in [-0.15, -0.1) is 0 Å². The molecule has 0 bridgehead atoms. The minimum atomic E-state index is -6.11. The van der Waals surface area contributed by atoms with Crippen LogP contribution in [-0.2, 0) is 4.79 Å². The van der Waals surface area contributed by atoms with E-state index < -0.39 is 34.6 Å². The van der Waals surface area contributed by atoms with Crippen molar-refractivity contribution in [3.05, 3.63) is 30.1 Å². The van der Waals surface area contributed by atoms with E-state index >= 15 is 0 Å². The maximum absolute atomic E-state index is 13.1. The van der Waals surface area contributed by atoms with Gasteiger partial charge >= 0.3 is 17.2 Å². The van der Waals surface area contributed by atoms with Crippen molar-refractivity contribution in [2.45, 2.75) is 17.2 Å². The van der Waals surface area contributed by atoms with E-state index in [9.17, 15) is 35.5 Å². The standard InChI is InChI=1S/C10H5ClF7NO/c11-8(9(13,14)15,10(16,17)18)7(20)19-6-4-2-1-3-5(6)12/h1-4H,(H,19,20). The monoisotopic (exact) mass is 323 g/mol. The van der Waals surface area contributed by atoms with Crippen molar-refractivity contribution in [3.63, 3.8) is 0 Å². The van der Waals surface area contributed by atoms with Crippen molar-refractivity contribution >= 4 is 23.2 Å². The molecule has 1 aromatic rings. The van der Waals surface area contributed by atoms with E-state index in [1.807, 2.05) is 0 Å². The van der Waals surface area contributed by atoms with Gasteiger partial charge in [0.05, 0.1) is 5.69 Å². The molecule has 20 heavy (non-hydrogen) atoms. The van der Waals surface area contributed by atoms with Crippen molar-refractivity contribution in [1.29, 1.82) is 0 Å². The Morgan fingerprint density at radius 3 is 1.85 bits per heavy atom. The number of hydrogen-bond donors (Lipinski definition) is 1. The third-order valence-corrected chi connectivity index (χ3v) is 2.82. The molecule has 10 heteroatoms. The first kappa shape index (κ1) is 16.5. The fourth-order valence-corrected chi connectivity index (χ4v) is 1.24. The summed E-state index contributed by atoms with van der Waals surface area (Å²) < 4.78 is 87.8. The van der Waals surface area contributed by atoms with Crippen LogP contribution in [0.25, 0.3) is 0 Å². The number of carbonyl (C=O) groups is 1. The molecule has 1 N–H and O–H groups in total. The van der Waals surface area contributed by atoms with Crippen LogP contribution in [0.3, 0.4) is 0 Å². The fourth-order valence-electron chi connectivity index (χ4n) is 1.19. The second-order valence-electron chi connectivity index (χ2n) is 3.59. The number of halogens is 8. The maximum atomic E-state index is 13.1. The summed E-state index contributed by atoms with van der Waals surface area (Å²) in [5.41, 5.74) is -0.851. The molecule has 112 valence electrons. The number of rotatable bonds is 2. The lowest BCUT2D eigenvalue weighted by Gasteiger charge is -2.30. The zero-order valence-electron chi connectivity index (χ0n) is 9.24. The van der Waals surface area contributed by atoms with E-state index in [0.717, 1.165) is 24.3 Å². The summed E-state index contributed by atoms with van der Waals surface area (Å²) in [7, 11) is 0. The molecule has 0 aliphatic heterocycles. The van der Waals surface area contributed by atoms with E-state index in [2.05, 4.69) is 11.6 Å². The molecule has 1 rings (SSSR count). The lowest BCUT2D eigenvalue weighted by atomic mass is 10.1. The molecular weight excluding hydrogens is 319 g/mol. The van der Waals surface area contributed by atoms with Crippen molar-refractivity contribution < 1.29 is 35.5 Å². The highest BCUT2D eigenvalue weighted by molar-refractivity contribution is 6.38. The molecule has 0 atom stereocenters. The molecule has 1 aromatic carbocycles. The van der Waals surface area contributed by atoms with Crippen LogP contribution in [0.2, 0.25) is 0 Å². The molecule has 1 amide bonds. The summed E-state index contributed by atoms with van der Waals surface area (Å²) in [4.78, 5) is 6.07. The Bertz CT molecular complexity index is 497. The maximum Gasteiger partial charge on any atom is 0.425 e. The molecule has 0 radical (unpaired) electrons. The van der Waals surface area contributed by atoms with Gasteiger partial charge in [0.15, 0.2) is 0 Å². The van der Waals surface area contributed by atoms with Gasteiger partial charge in [0.25, 0.3) is 5.91 Å². The van der Waals surface area contributed by atoms with Gasteiger partial charge in [0.1, 0.15) is 5.82 Å². The van der Waals surface area contributed by atoms with E-state index in [4.69, 9.17) is 0 Å². The van der Waals surface area contributed by atoms with Gasteiger partial charge in [-0.1, -0.05) is 23.7 Å². The molecule has 0 saturated heterocycles. The van der Waals surface area contributed by atoms with E-state index in [1.54, 1.807) is 0 Å². The molecule has 0 fully saturated rings. The first-order valence-electron chi connectivity index (χ1n) is 4.79. The zero-order chi connectivity index (χ0) is 15.8. The predicted octanol–water partition coefficient (Wildman–Crippen LogP) is 3.87. The molecule has 0 heterocycles. The van der Waals surface area contributed by atoms with Crippen molar-refractivity contribution in [2.75, 3.05) is 5.32 Å². The lowest BCUT2D eigenvalue weighted by Crippen LogP contribution is -2.60. The highest BCUT2D eigenvalue weighted by atomic mass is 35.5. The summed E-state index contributed by atoms with van der Waals surface area (Å²) >= 11 is 4.46. The van der Waals surface area contributed by atoms with Gasteiger partial charge in [-0.05, 0) is 12.1 Å². The van der Waals surface area contributed by atoms with Gasteiger partial charge in [-0.3, -0.25) is 4.79 Å². The highest BCUT2D eigenvalue weighted by Crippen LogP contribution is 2.48. The Balaban J connectivity index is 3.19. The van der Waals surface area contributed by atoms with Crippen LogP contribution in [0.4, 0.5) is 36.4 Å². The molecule has 0 saturated carbocycles. The van der Waals surface area contributed by atoms with Crippen molar-refractivity contribution in [1.82, 2.24) is 0 Å². The summed E-state index contributed by atoms with van der Waals surface area (Å²) in [6, 6.07) is 3.77. The minimum absolute atomic E-state index is 0.743. The quantitative estimate of drug-likeness (QED) is 0.650. The molecule has 0 aliphatic rings. The van der Waals surface area contributed by atoms with Gasteiger partial charge in [0.2, 0.25) is 0 Å². The Hall–Kier alpha value is -1.51. The number of hydrogen-bond acceptors (Lipinski definition) is 1. The van der Waals surface area contributed by atoms with Crippen LogP contribution >= 0.6 is 11.6 Å². The minimum Gasteiger partial charge on any atom is -0.321 e. The first-order valence-corrected chi connectivity index (χ1v) is 5.17. The number of anilines is 1. The number of benzene rings is 1. The Kier molecular flexibility index (Phi) is 4.23. The van der Waals surface area contributed by atoms with Crippen LogP contribution in [0.1, 0.15) is 0 Å². The van der Waals surface area contributed by atoms with Gasteiger partial charge in [-0.25, -0.2) is 4.39 Å². The van der Waals surface area contributed by atoms with Crippen LogP contribution < -0.4 is 5.32 Å². The van der Waals surface area contributed by atoms with Crippen LogP contribution in [0.5, 0.6) is 0 Å². The van der Waals surface area contributed by atoms with Crippen LogP contribution in [0.15, 0.2) is 24.3 Å². The van der Waals surface area contributed by atoms with Gasteiger partial charge < -0.3 is 5.32 Å². The van der Waals surface area contributed by atoms with Crippen molar-refractivity contribution in [3.8, 4) is 0 Å². The van der Waals surface area contributed by atoms with Crippen molar-refractivity contribution in [2.24, 2.45) is 0 Å². The van der Waals surface area contributed by atoms with Crippen LogP contribution in [0, 0.1) is 5.82 Å². The first-order chi connectivity index (χ1) is 8.91. The predicted molar refractivity (Wildman–Crippen MR) is 55.7 cm³/mol. The van der Waals surface area contributed by atoms with Gasteiger partial charge in [0, 0.05) is 0 Å². The summed E-state index contributed by atoms with van der Waals surface area (Å²) in [5, 5.41) is 1.18. The normalized spacial score (nSPS) is 13.2. The van der Waals surface area contributed by atoms with Gasteiger partial charge in [-0.2, -0.15) is 26.3 Å². The lowest BCUT2D eigenvalue weighted by molar-refractivity contribution is -0.258. The molecule has 0 spiro atoms. The second kappa shape index (κ2) is 5.12. The topological polar surface area (TPSA) is 29.1 Å². The summed E-state index contributed by atoms with van der Waals surface area (Å²) in [6.07, 6.45) is -12.2. The smallest absolute Gasteiger partial charge is 0.321 e. The Labute approximate surface area is 112 Å². The SMILES string of the molecule is O=C(Nc1ccccc1F)C(Cl)(C(F)(F)F)C(F)(F)F. The Morgan fingerprint density at radius 2 is 1.45 bits per heavy atom. The molecular formula is C10H5ClF7NO. The molecule has 0 aliphatic carbocycles. The number of para-hydroxylation sites is 1.